The third kappa shape index (κ3) is 4.36. The Hall–Kier alpha value is -3.85. The summed E-state index contributed by atoms with van der Waals surface area (Å²) in [5.74, 6) is 0.876. The Morgan fingerprint density at radius 2 is 1.32 bits per heavy atom. The van der Waals surface area contributed by atoms with Gasteiger partial charge in [0.1, 0.15) is 12.4 Å². The Morgan fingerprint density at radius 3 is 2.00 bits per heavy atom. The monoisotopic (exact) mass is 404 g/mol. The molecule has 0 spiro atoms. The molecule has 3 heteroatoms. The molecule has 31 heavy (non-hydrogen) atoms. The summed E-state index contributed by atoms with van der Waals surface area (Å²) in [7, 11) is 0. The van der Waals surface area contributed by atoms with Crippen LogP contribution in [-0.2, 0) is 6.61 Å². The van der Waals surface area contributed by atoms with Crippen LogP contribution < -0.4 is 9.75 Å². The smallest absolute Gasteiger partial charge is 0.119 e. The van der Waals surface area contributed by atoms with E-state index in [4.69, 9.17) is 9.84 Å². The maximum absolute atomic E-state index is 5.97. The number of rotatable bonds is 6. The van der Waals surface area contributed by atoms with E-state index in [1.165, 1.54) is 16.7 Å². The molecule has 4 aromatic carbocycles. The molecule has 3 nitrogen and oxygen atoms in total. The first-order valence-corrected chi connectivity index (χ1v) is 10.6. The molecule has 0 saturated carbocycles. The van der Waals surface area contributed by atoms with Crippen LogP contribution in [0.2, 0.25) is 0 Å². The van der Waals surface area contributed by atoms with Crippen molar-refractivity contribution in [3.63, 3.8) is 0 Å². The van der Waals surface area contributed by atoms with Crippen molar-refractivity contribution in [2.24, 2.45) is 5.10 Å². The van der Waals surface area contributed by atoms with Gasteiger partial charge in [0, 0.05) is 6.42 Å². The van der Waals surface area contributed by atoms with Crippen molar-refractivity contribution < 1.29 is 4.74 Å². The number of hydrogen-bond donors (Lipinski definition) is 0. The van der Waals surface area contributed by atoms with Crippen molar-refractivity contribution in [1.82, 2.24) is 0 Å². The second-order valence-corrected chi connectivity index (χ2v) is 7.66. The SMILES string of the molecule is c1ccc(COc2ccc([C@H]3CC(c4ccccc4)=NN3c3ccccc3)cc2)cc1. The van der Waals surface area contributed by atoms with E-state index in [1.807, 2.05) is 30.3 Å². The van der Waals surface area contributed by atoms with Crippen LogP contribution in [0.5, 0.6) is 5.75 Å². The van der Waals surface area contributed by atoms with Crippen LogP contribution in [0, 0.1) is 0 Å². The van der Waals surface area contributed by atoms with Gasteiger partial charge in [-0.25, -0.2) is 0 Å². The predicted molar refractivity (Wildman–Crippen MR) is 126 cm³/mol. The van der Waals surface area contributed by atoms with Crippen LogP contribution in [0.25, 0.3) is 0 Å². The van der Waals surface area contributed by atoms with Crippen LogP contribution >= 0.6 is 0 Å². The Kier molecular flexibility index (Phi) is 5.48. The summed E-state index contributed by atoms with van der Waals surface area (Å²) in [5.41, 5.74) is 5.78. The molecule has 5 rings (SSSR count). The highest BCUT2D eigenvalue weighted by atomic mass is 16.5. The topological polar surface area (TPSA) is 24.8 Å². The third-order valence-electron chi connectivity index (χ3n) is 5.55. The van der Waals surface area contributed by atoms with Crippen molar-refractivity contribution in [1.29, 1.82) is 0 Å². The van der Waals surface area contributed by atoms with Crippen molar-refractivity contribution in [3.05, 3.63) is 132 Å². The van der Waals surface area contributed by atoms with Crippen molar-refractivity contribution in [2.75, 3.05) is 5.01 Å². The first-order valence-electron chi connectivity index (χ1n) is 10.6. The van der Waals surface area contributed by atoms with Gasteiger partial charge in [0.05, 0.1) is 17.4 Å². The number of para-hydroxylation sites is 1. The lowest BCUT2D eigenvalue weighted by atomic mass is 9.98. The Morgan fingerprint density at radius 1 is 0.710 bits per heavy atom. The van der Waals surface area contributed by atoms with Crippen LogP contribution in [-0.4, -0.2) is 5.71 Å². The van der Waals surface area contributed by atoms with Gasteiger partial charge in [0.25, 0.3) is 0 Å². The lowest BCUT2D eigenvalue weighted by molar-refractivity contribution is 0.306. The number of hydrazone groups is 1. The van der Waals surface area contributed by atoms with Crippen LogP contribution in [0.15, 0.2) is 120 Å². The summed E-state index contributed by atoms with van der Waals surface area (Å²) in [6.07, 6.45) is 0.864. The molecule has 0 N–H and O–H groups in total. The Labute approximate surface area is 183 Å². The zero-order valence-corrected chi connectivity index (χ0v) is 17.3. The van der Waals surface area contributed by atoms with Gasteiger partial charge in [-0.05, 0) is 41.0 Å². The molecule has 152 valence electrons. The molecule has 0 unspecified atom stereocenters. The number of benzene rings is 4. The number of hydrogen-bond acceptors (Lipinski definition) is 3. The zero-order chi connectivity index (χ0) is 20.9. The first-order chi connectivity index (χ1) is 15.4. The molecular weight excluding hydrogens is 380 g/mol. The molecule has 1 heterocycles. The molecule has 1 atom stereocenters. The van der Waals surface area contributed by atoms with Gasteiger partial charge in [-0.2, -0.15) is 5.10 Å². The Balaban J connectivity index is 1.37. The fourth-order valence-corrected chi connectivity index (χ4v) is 3.92. The molecule has 0 amide bonds. The van der Waals surface area contributed by atoms with E-state index >= 15 is 0 Å². The van der Waals surface area contributed by atoms with E-state index in [9.17, 15) is 0 Å². The summed E-state index contributed by atoms with van der Waals surface area (Å²) < 4.78 is 5.97. The van der Waals surface area contributed by atoms with E-state index in [1.54, 1.807) is 0 Å². The molecule has 1 aliphatic heterocycles. The van der Waals surface area contributed by atoms with Gasteiger partial charge in [0.2, 0.25) is 0 Å². The van der Waals surface area contributed by atoms with Gasteiger partial charge >= 0.3 is 0 Å². The molecule has 0 radical (unpaired) electrons. The maximum atomic E-state index is 5.97. The largest absolute Gasteiger partial charge is 0.489 e. The molecule has 0 aliphatic carbocycles. The average molecular weight is 405 g/mol. The zero-order valence-electron chi connectivity index (χ0n) is 17.3. The van der Waals surface area contributed by atoms with E-state index < -0.39 is 0 Å². The highest BCUT2D eigenvalue weighted by molar-refractivity contribution is 6.03. The molecule has 4 aromatic rings. The fourth-order valence-electron chi connectivity index (χ4n) is 3.92. The molecular formula is C28H24N2O. The number of ether oxygens (including phenoxy) is 1. The number of nitrogens with zero attached hydrogens (tertiary/aromatic N) is 2. The minimum Gasteiger partial charge on any atom is -0.489 e. The minimum absolute atomic E-state index is 0.153. The van der Waals surface area contributed by atoms with E-state index in [0.717, 1.165) is 23.6 Å². The van der Waals surface area contributed by atoms with E-state index in [2.05, 4.69) is 89.9 Å². The lowest BCUT2D eigenvalue weighted by Gasteiger charge is -2.24. The molecule has 0 aromatic heterocycles. The molecule has 0 saturated heterocycles. The highest BCUT2D eigenvalue weighted by Gasteiger charge is 2.29. The van der Waals surface area contributed by atoms with Gasteiger partial charge < -0.3 is 4.74 Å². The van der Waals surface area contributed by atoms with Crippen LogP contribution in [0.3, 0.4) is 0 Å². The normalized spacial score (nSPS) is 15.5. The Bertz CT molecular complexity index is 1140. The molecule has 1 aliphatic rings. The quantitative estimate of drug-likeness (QED) is 0.361. The van der Waals surface area contributed by atoms with E-state index in [-0.39, 0.29) is 6.04 Å². The number of anilines is 1. The van der Waals surface area contributed by atoms with Crippen molar-refractivity contribution in [2.45, 2.75) is 19.1 Å². The standard InChI is InChI=1S/C28H24N2O/c1-4-10-22(11-5-1)21-31-26-18-16-24(17-19-26)28-20-27(23-12-6-2-7-13-23)29-30(28)25-14-8-3-9-15-25/h1-19,28H,20-21H2/t28-/m1/s1. The third-order valence-corrected chi connectivity index (χ3v) is 5.55. The minimum atomic E-state index is 0.153. The van der Waals surface area contributed by atoms with Crippen molar-refractivity contribution in [3.8, 4) is 5.75 Å². The first kappa shape index (κ1) is 19.1. The van der Waals surface area contributed by atoms with E-state index in [0.29, 0.717) is 6.61 Å². The molecule has 0 bridgehead atoms. The summed E-state index contributed by atoms with van der Waals surface area (Å²) in [4.78, 5) is 0. The fraction of sp³-hybridized carbons (Fsp3) is 0.107. The summed E-state index contributed by atoms with van der Waals surface area (Å²) in [6.45, 7) is 0.570. The van der Waals surface area contributed by atoms with Crippen LogP contribution in [0.1, 0.15) is 29.2 Å². The summed E-state index contributed by atoms with van der Waals surface area (Å²) >= 11 is 0. The average Bonchev–Trinajstić information content (AvgIpc) is 3.30. The second-order valence-electron chi connectivity index (χ2n) is 7.66. The summed E-state index contributed by atoms with van der Waals surface area (Å²) in [6, 6.07) is 39.6. The van der Waals surface area contributed by atoms with Gasteiger partial charge in [-0.1, -0.05) is 91.0 Å². The molecule has 0 fully saturated rings. The maximum Gasteiger partial charge on any atom is 0.119 e. The van der Waals surface area contributed by atoms with Crippen LogP contribution in [0.4, 0.5) is 5.69 Å². The predicted octanol–water partition coefficient (Wildman–Crippen LogP) is 6.62. The second kappa shape index (κ2) is 8.88. The van der Waals surface area contributed by atoms with Gasteiger partial charge in [-0.3, -0.25) is 5.01 Å². The van der Waals surface area contributed by atoms with Gasteiger partial charge in [0.15, 0.2) is 0 Å². The summed E-state index contributed by atoms with van der Waals surface area (Å²) in [5, 5.41) is 7.14. The van der Waals surface area contributed by atoms with Crippen molar-refractivity contribution >= 4 is 11.4 Å². The highest BCUT2D eigenvalue weighted by Crippen LogP contribution is 2.37. The van der Waals surface area contributed by atoms with Gasteiger partial charge in [-0.15, -0.1) is 0 Å². The lowest BCUT2D eigenvalue weighted by Crippen LogP contribution is -2.18.